The van der Waals surface area contributed by atoms with Crippen LogP contribution in [-0.4, -0.2) is 18.6 Å². The van der Waals surface area contributed by atoms with Crippen molar-refractivity contribution in [3.63, 3.8) is 0 Å². The molecule has 2 aromatic rings. The number of nitrogens with zero attached hydrogens (tertiary/aromatic N) is 1. The maximum Gasteiger partial charge on any atom is 0.133 e. The molecule has 1 heterocycles. The van der Waals surface area contributed by atoms with Gasteiger partial charge in [-0.1, -0.05) is 26.0 Å². The molecular weight excluding hydrogens is 247 g/mol. The minimum absolute atomic E-state index is 0.0469. The van der Waals surface area contributed by atoms with Crippen molar-refractivity contribution in [3.8, 4) is 10.6 Å². The van der Waals surface area contributed by atoms with Crippen LogP contribution in [0.25, 0.3) is 10.6 Å². The largest absolute Gasteiger partial charge is 0.319 e. The maximum absolute atomic E-state index is 13.7. The van der Waals surface area contributed by atoms with Crippen molar-refractivity contribution in [2.75, 3.05) is 13.6 Å². The van der Waals surface area contributed by atoms with Gasteiger partial charge in [-0.05, 0) is 19.2 Å². The molecule has 0 radical (unpaired) electrons. The van der Waals surface area contributed by atoms with E-state index in [2.05, 4.69) is 24.1 Å². The zero-order chi connectivity index (χ0) is 13.2. The second kappa shape index (κ2) is 5.16. The molecule has 0 saturated heterocycles. The van der Waals surface area contributed by atoms with Crippen molar-refractivity contribution in [3.05, 3.63) is 41.2 Å². The Balaban J connectivity index is 2.34. The van der Waals surface area contributed by atoms with Crippen LogP contribution in [0.5, 0.6) is 0 Å². The molecule has 2 nitrogen and oxygen atoms in total. The Morgan fingerprint density at radius 1 is 1.33 bits per heavy atom. The molecule has 4 heteroatoms. The van der Waals surface area contributed by atoms with E-state index in [0.717, 1.165) is 17.2 Å². The average molecular weight is 264 g/mol. The minimum Gasteiger partial charge on any atom is -0.319 e. The molecule has 0 unspecified atom stereocenters. The van der Waals surface area contributed by atoms with Gasteiger partial charge in [0, 0.05) is 22.9 Å². The summed E-state index contributed by atoms with van der Waals surface area (Å²) in [5.41, 5.74) is 1.53. The molecule has 0 saturated carbocycles. The van der Waals surface area contributed by atoms with Crippen LogP contribution in [-0.2, 0) is 5.41 Å². The van der Waals surface area contributed by atoms with Crippen molar-refractivity contribution in [2.45, 2.75) is 19.3 Å². The topological polar surface area (TPSA) is 24.9 Å². The fourth-order valence-electron chi connectivity index (χ4n) is 1.88. The van der Waals surface area contributed by atoms with Gasteiger partial charge in [0.2, 0.25) is 0 Å². The van der Waals surface area contributed by atoms with E-state index in [-0.39, 0.29) is 11.2 Å². The molecule has 96 valence electrons. The van der Waals surface area contributed by atoms with Crippen LogP contribution in [0.3, 0.4) is 0 Å². The number of rotatable bonds is 4. The number of likely N-dealkylation sites (N-methyl/N-ethyl adjacent to an activating group) is 1. The van der Waals surface area contributed by atoms with Gasteiger partial charge < -0.3 is 5.32 Å². The molecule has 1 aromatic carbocycles. The van der Waals surface area contributed by atoms with E-state index in [4.69, 9.17) is 0 Å². The molecule has 0 amide bonds. The molecule has 0 bridgehead atoms. The first-order valence-corrected chi connectivity index (χ1v) is 6.78. The van der Waals surface area contributed by atoms with Gasteiger partial charge >= 0.3 is 0 Å². The molecule has 0 spiro atoms. The lowest BCUT2D eigenvalue weighted by atomic mass is 9.90. The second-order valence-corrected chi connectivity index (χ2v) is 5.79. The fraction of sp³-hybridized carbons (Fsp3) is 0.357. The minimum atomic E-state index is -0.218. The van der Waals surface area contributed by atoms with Crippen molar-refractivity contribution in [1.82, 2.24) is 10.3 Å². The van der Waals surface area contributed by atoms with E-state index in [1.54, 1.807) is 12.1 Å². The molecule has 1 aromatic heterocycles. The summed E-state index contributed by atoms with van der Waals surface area (Å²) in [6.07, 6.45) is 0. The monoisotopic (exact) mass is 264 g/mol. The number of nitrogens with one attached hydrogen (secondary N) is 1. The van der Waals surface area contributed by atoms with Crippen molar-refractivity contribution in [1.29, 1.82) is 0 Å². The predicted molar refractivity (Wildman–Crippen MR) is 74.5 cm³/mol. The molecule has 0 aliphatic heterocycles. The highest BCUT2D eigenvalue weighted by atomic mass is 32.1. The van der Waals surface area contributed by atoms with E-state index in [0.29, 0.717) is 5.56 Å². The molecular formula is C14H17FN2S. The van der Waals surface area contributed by atoms with Gasteiger partial charge in [-0.2, -0.15) is 0 Å². The number of benzene rings is 1. The van der Waals surface area contributed by atoms with E-state index < -0.39 is 0 Å². The first kappa shape index (κ1) is 13.2. The Morgan fingerprint density at radius 3 is 2.72 bits per heavy atom. The molecule has 0 atom stereocenters. The maximum atomic E-state index is 13.7. The van der Waals surface area contributed by atoms with E-state index in [1.165, 1.54) is 17.4 Å². The van der Waals surface area contributed by atoms with Crippen LogP contribution >= 0.6 is 11.3 Å². The second-order valence-electron chi connectivity index (χ2n) is 4.93. The molecule has 0 aliphatic carbocycles. The van der Waals surface area contributed by atoms with Gasteiger partial charge in [0.1, 0.15) is 10.8 Å². The normalized spacial score (nSPS) is 11.8. The van der Waals surface area contributed by atoms with Gasteiger partial charge in [0.15, 0.2) is 0 Å². The Hall–Kier alpha value is -1.26. The highest BCUT2D eigenvalue weighted by Gasteiger charge is 2.23. The molecule has 0 aliphatic rings. The molecule has 0 fully saturated rings. The van der Waals surface area contributed by atoms with Gasteiger partial charge in [-0.15, -0.1) is 11.3 Å². The Bertz CT molecular complexity index is 534. The van der Waals surface area contributed by atoms with Crippen molar-refractivity contribution in [2.24, 2.45) is 0 Å². The summed E-state index contributed by atoms with van der Waals surface area (Å²) in [6, 6.07) is 6.76. The van der Waals surface area contributed by atoms with Crippen LogP contribution in [0.15, 0.2) is 29.6 Å². The van der Waals surface area contributed by atoms with Crippen LogP contribution in [0, 0.1) is 5.82 Å². The highest BCUT2D eigenvalue weighted by Crippen LogP contribution is 2.30. The first-order chi connectivity index (χ1) is 8.54. The summed E-state index contributed by atoms with van der Waals surface area (Å²) in [5.74, 6) is -0.218. The lowest BCUT2D eigenvalue weighted by Gasteiger charge is -2.21. The van der Waals surface area contributed by atoms with Crippen molar-refractivity contribution < 1.29 is 4.39 Å². The number of halogens is 1. The molecule has 1 N–H and O–H groups in total. The third kappa shape index (κ3) is 2.60. The quantitative estimate of drug-likeness (QED) is 0.915. The zero-order valence-corrected chi connectivity index (χ0v) is 11.6. The number of hydrogen-bond donors (Lipinski definition) is 1. The predicted octanol–water partition coefficient (Wildman–Crippen LogP) is 3.45. The summed E-state index contributed by atoms with van der Waals surface area (Å²) in [4.78, 5) is 4.57. The van der Waals surface area contributed by atoms with Crippen LogP contribution in [0.4, 0.5) is 4.39 Å². The van der Waals surface area contributed by atoms with Gasteiger partial charge in [0.05, 0.1) is 5.69 Å². The van der Waals surface area contributed by atoms with Gasteiger partial charge in [0.25, 0.3) is 0 Å². The van der Waals surface area contributed by atoms with Crippen molar-refractivity contribution >= 4 is 11.3 Å². The standard InChI is InChI=1S/C14H17FN2S/c1-14(2,9-16-3)12-8-18-13(17-12)10-6-4-5-7-11(10)15/h4-8,16H,9H2,1-3H3. The zero-order valence-electron chi connectivity index (χ0n) is 10.8. The summed E-state index contributed by atoms with van der Waals surface area (Å²) in [6.45, 7) is 5.10. The summed E-state index contributed by atoms with van der Waals surface area (Å²) in [7, 11) is 1.92. The average Bonchev–Trinajstić information content (AvgIpc) is 2.79. The number of aromatic nitrogens is 1. The lowest BCUT2D eigenvalue weighted by Crippen LogP contribution is -2.30. The van der Waals surface area contributed by atoms with Crippen LogP contribution in [0.1, 0.15) is 19.5 Å². The van der Waals surface area contributed by atoms with E-state index >= 15 is 0 Å². The van der Waals surface area contributed by atoms with E-state index in [9.17, 15) is 4.39 Å². The van der Waals surface area contributed by atoms with Gasteiger partial charge in [-0.25, -0.2) is 9.37 Å². The summed E-state index contributed by atoms with van der Waals surface area (Å²) >= 11 is 1.49. The first-order valence-electron chi connectivity index (χ1n) is 5.90. The lowest BCUT2D eigenvalue weighted by molar-refractivity contribution is 0.483. The summed E-state index contributed by atoms with van der Waals surface area (Å²) in [5, 5.41) is 5.91. The third-order valence-electron chi connectivity index (χ3n) is 2.92. The third-order valence-corrected chi connectivity index (χ3v) is 3.80. The number of thiazole rings is 1. The number of hydrogen-bond acceptors (Lipinski definition) is 3. The fourth-order valence-corrected chi connectivity index (χ4v) is 2.91. The Kier molecular flexibility index (Phi) is 3.78. The van der Waals surface area contributed by atoms with Crippen LogP contribution in [0.2, 0.25) is 0 Å². The Labute approximate surface area is 111 Å². The Morgan fingerprint density at radius 2 is 2.06 bits per heavy atom. The SMILES string of the molecule is CNCC(C)(C)c1csc(-c2ccccc2F)n1. The summed E-state index contributed by atoms with van der Waals surface area (Å²) < 4.78 is 13.7. The van der Waals surface area contributed by atoms with Crippen LogP contribution < -0.4 is 5.32 Å². The molecule has 2 rings (SSSR count). The smallest absolute Gasteiger partial charge is 0.133 e. The molecule has 18 heavy (non-hydrogen) atoms. The highest BCUT2D eigenvalue weighted by molar-refractivity contribution is 7.13. The van der Waals surface area contributed by atoms with E-state index in [1.807, 2.05) is 18.5 Å². The van der Waals surface area contributed by atoms with Gasteiger partial charge in [-0.3, -0.25) is 0 Å².